The summed E-state index contributed by atoms with van der Waals surface area (Å²) in [6.45, 7) is 5.22. The molecular weight excluding hydrogens is 420 g/mol. The normalized spacial score (nSPS) is 18.8. The van der Waals surface area contributed by atoms with Gasteiger partial charge in [0, 0.05) is 37.6 Å². The second kappa shape index (κ2) is 10.6. The molecule has 1 unspecified atom stereocenters. The molecule has 1 aromatic heterocycles. The van der Waals surface area contributed by atoms with Crippen molar-refractivity contribution in [1.82, 2.24) is 15.5 Å². The first-order chi connectivity index (χ1) is 16.1. The first kappa shape index (κ1) is 22.9. The molecule has 4 rings (SSSR count). The molecule has 0 saturated carbocycles. The Kier molecular flexibility index (Phi) is 7.34. The highest BCUT2D eigenvalue weighted by molar-refractivity contribution is 5.95. The Labute approximate surface area is 194 Å². The van der Waals surface area contributed by atoms with E-state index in [2.05, 4.69) is 44.7 Å². The number of para-hydroxylation sites is 1. The molecule has 2 N–H and O–H groups in total. The second-order valence-electron chi connectivity index (χ2n) is 8.51. The van der Waals surface area contributed by atoms with Gasteiger partial charge in [-0.15, -0.1) is 0 Å². The van der Waals surface area contributed by atoms with Gasteiger partial charge in [0.25, 0.3) is 0 Å². The molecular formula is C25H32N4O4. The smallest absolute Gasteiger partial charge is 0.338 e. The molecule has 1 atom stereocenters. The van der Waals surface area contributed by atoms with E-state index in [4.69, 9.17) is 9.15 Å². The number of ether oxygens (including phenoxy) is 1. The topological polar surface area (TPSA) is 87.0 Å². The summed E-state index contributed by atoms with van der Waals surface area (Å²) >= 11 is 0. The van der Waals surface area contributed by atoms with E-state index in [1.165, 1.54) is 36.8 Å². The van der Waals surface area contributed by atoms with Crippen LogP contribution in [0, 0.1) is 0 Å². The second-order valence-corrected chi connectivity index (χ2v) is 8.51. The predicted molar refractivity (Wildman–Crippen MR) is 126 cm³/mol. The number of hydrogen-bond donors (Lipinski definition) is 2. The summed E-state index contributed by atoms with van der Waals surface area (Å²) in [5.74, 6) is 0.0204. The number of hydrogen-bond acceptors (Lipinski definition) is 6. The van der Waals surface area contributed by atoms with Crippen molar-refractivity contribution in [2.75, 3.05) is 38.2 Å². The summed E-state index contributed by atoms with van der Waals surface area (Å²) in [5, 5.41) is 5.61. The summed E-state index contributed by atoms with van der Waals surface area (Å²) < 4.78 is 10.8. The van der Waals surface area contributed by atoms with Gasteiger partial charge in [-0.3, -0.25) is 4.90 Å². The number of nitrogens with zero attached hydrogens (tertiary/aromatic N) is 2. The molecule has 0 aliphatic carbocycles. The maximum absolute atomic E-state index is 12.9. The Balaban J connectivity index is 1.58. The average molecular weight is 453 g/mol. The number of likely N-dealkylation sites (N-methyl/N-ethyl adjacent to an activating group) is 1. The van der Waals surface area contributed by atoms with Crippen molar-refractivity contribution >= 4 is 17.7 Å². The van der Waals surface area contributed by atoms with E-state index in [-0.39, 0.29) is 12.6 Å². The van der Waals surface area contributed by atoms with Crippen LogP contribution in [-0.4, -0.2) is 50.2 Å². The Morgan fingerprint density at radius 1 is 1.15 bits per heavy atom. The third-order valence-corrected chi connectivity index (χ3v) is 6.03. The van der Waals surface area contributed by atoms with Crippen LogP contribution < -0.4 is 15.5 Å². The highest BCUT2D eigenvalue weighted by Gasteiger charge is 2.35. The van der Waals surface area contributed by atoms with Crippen LogP contribution in [0.5, 0.6) is 0 Å². The van der Waals surface area contributed by atoms with Crippen molar-refractivity contribution in [2.24, 2.45) is 0 Å². The molecule has 0 spiro atoms. The fraction of sp³-hybridized carbons (Fsp3) is 0.440. The van der Waals surface area contributed by atoms with Gasteiger partial charge in [-0.25, -0.2) is 9.59 Å². The number of rotatable bonds is 8. The number of esters is 1. The van der Waals surface area contributed by atoms with E-state index in [1.807, 2.05) is 7.05 Å². The minimum Gasteiger partial charge on any atom is -0.467 e. The number of nitrogens with one attached hydrogen (secondary N) is 2. The molecule has 2 aliphatic heterocycles. The molecule has 8 heteroatoms. The predicted octanol–water partition coefficient (Wildman–Crippen LogP) is 3.57. The zero-order valence-corrected chi connectivity index (χ0v) is 19.3. The van der Waals surface area contributed by atoms with Crippen LogP contribution in [0.1, 0.15) is 43.6 Å². The number of piperidine rings is 1. The number of urea groups is 1. The van der Waals surface area contributed by atoms with Crippen molar-refractivity contribution in [3.8, 4) is 0 Å². The number of carbonyl (C=O) groups excluding carboxylic acids is 2. The van der Waals surface area contributed by atoms with Crippen LogP contribution in [0.3, 0.4) is 0 Å². The Morgan fingerprint density at radius 2 is 1.94 bits per heavy atom. The van der Waals surface area contributed by atoms with Gasteiger partial charge in [0.1, 0.15) is 11.8 Å². The molecule has 1 saturated heterocycles. The quantitative estimate of drug-likeness (QED) is 0.596. The lowest BCUT2D eigenvalue weighted by atomic mass is 9.99. The highest BCUT2D eigenvalue weighted by Crippen LogP contribution is 2.29. The molecule has 176 valence electrons. The molecule has 0 bridgehead atoms. The summed E-state index contributed by atoms with van der Waals surface area (Å²) in [7, 11) is 1.98. The van der Waals surface area contributed by atoms with Gasteiger partial charge in [0.05, 0.1) is 18.4 Å². The zero-order chi connectivity index (χ0) is 23.2. The third kappa shape index (κ3) is 5.39. The molecule has 2 amide bonds. The SMILES string of the molecule is CCOC(=O)C1=C(CN(C)Cc2ccccc2N2CCCCC2)NC(=O)NC1c1ccco1. The fourth-order valence-corrected chi connectivity index (χ4v) is 4.57. The fourth-order valence-electron chi connectivity index (χ4n) is 4.57. The summed E-state index contributed by atoms with van der Waals surface area (Å²) in [6.07, 6.45) is 5.24. The minimum absolute atomic E-state index is 0.244. The van der Waals surface area contributed by atoms with E-state index in [0.717, 1.165) is 13.1 Å². The molecule has 0 radical (unpaired) electrons. The summed E-state index contributed by atoms with van der Waals surface area (Å²) in [4.78, 5) is 29.9. The summed E-state index contributed by atoms with van der Waals surface area (Å²) in [5.41, 5.74) is 3.37. The van der Waals surface area contributed by atoms with Gasteiger partial charge < -0.3 is 24.7 Å². The first-order valence-corrected chi connectivity index (χ1v) is 11.6. The van der Waals surface area contributed by atoms with E-state index >= 15 is 0 Å². The molecule has 1 aromatic carbocycles. The molecule has 8 nitrogen and oxygen atoms in total. The van der Waals surface area contributed by atoms with E-state index in [0.29, 0.717) is 30.1 Å². The average Bonchev–Trinajstić information content (AvgIpc) is 3.34. The van der Waals surface area contributed by atoms with Crippen molar-refractivity contribution in [2.45, 2.75) is 38.8 Å². The van der Waals surface area contributed by atoms with Crippen molar-refractivity contribution < 1.29 is 18.7 Å². The lowest BCUT2D eigenvalue weighted by Crippen LogP contribution is -2.48. The van der Waals surface area contributed by atoms with Crippen molar-refractivity contribution in [1.29, 1.82) is 0 Å². The van der Waals surface area contributed by atoms with E-state index in [9.17, 15) is 9.59 Å². The van der Waals surface area contributed by atoms with Crippen LogP contribution in [0.4, 0.5) is 10.5 Å². The molecule has 33 heavy (non-hydrogen) atoms. The van der Waals surface area contributed by atoms with Gasteiger partial charge >= 0.3 is 12.0 Å². The lowest BCUT2D eigenvalue weighted by Gasteiger charge is -2.32. The van der Waals surface area contributed by atoms with E-state index < -0.39 is 12.0 Å². The van der Waals surface area contributed by atoms with Gasteiger partial charge in [-0.2, -0.15) is 0 Å². The van der Waals surface area contributed by atoms with Gasteiger partial charge in [-0.1, -0.05) is 18.2 Å². The number of furan rings is 1. The lowest BCUT2D eigenvalue weighted by molar-refractivity contribution is -0.139. The molecule has 3 heterocycles. The van der Waals surface area contributed by atoms with Crippen LogP contribution in [0.15, 0.2) is 58.3 Å². The van der Waals surface area contributed by atoms with Crippen LogP contribution in [0.2, 0.25) is 0 Å². The van der Waals surface area contributed by atoms with Crippen LogP contribution in [-0.2, 0) is 16.1 Å². The summed E-state index contributed by atoms with van der Waals surface area (Å²) in [6, 6.07) is 10.9. The third-order valence-electron chi connectivity index (χ3n) is 6.03. The highest BCUT2D eigenvalue weighted by atomic mass is 16.5. The zero-order valence-electron chi connectivity index (χ0n) is 19.3. The Hall–Kier alpha value is -3.26. The standard InChI is InChI=1S/C25H32N4O4/c1-3-32-24(30)22-19(26-25(31)27-23(22)21-12-9-15-33-21)17-28(2)16-18-10-5-6-11-20(18)29-13-7-4-8-14-29/h5-6,9-12,15,23H,3-4,7-8,13-14,16-17H2,1-2H3,(H2,26,27,31). The number of benzene rings is 1. The van der Waals surface area contributed by atoms with Crippen LogP contribution >= 0.6 is 0 Å². The van der Waals surface area contributed by atoms with Gasteiger partial charge in [-0.05, 0) is 57.0 Å². The molecule has 1 fully saturated rings. The molecule has 2 aliphatic rings. The first-order valence-electron chi connectivity index (χ1n) is 11.6. The Bertz CT molecular complexity index is 996. The van der Waals surface area contributed by atoms with Gasteiger partial charge in [0.2, 0.25) is 0 Å². The Morgan fingerprint density at radius 3 is 2.67 bits per heavy atom. The minimum atomic E-state index is -0.697. The number of carbonyl (C=O) groups is 2. The number of anilines is 1. The maximum Gasteiger partial charge on any atom is 0.338 e. The largest absolute Gasteiger partial charge is 0.467 e. The van der Waals surface area contributed by atoms with Crippen molar-refractivity contribution in [3.05, 3.63) is 65.3 Å². The van der Waals surface area contributed by atoms with Crippen molar-refractivity contribution in [3.63, 3.8) is 0 Å². The molecule has 2 aromatic rings. The maximum atomic E-state index is 12.9. The van der Waals surface area contributed by atoms with Crippen LogP contribution in [0.25, 0.3) is 0 Å². The monoisotopic (exact) mass is 452 g/mol. The number of amides is 2. The van der Waals surface area contributed by atoms with Gasteiger partial charge in [0.15, 0.2) is 0 Å². The van der Waals surface area contributed by atoms with E-state index in [1.54, 1.807) is 19.1 Å².